The van der Waals surface area contributed by atoms with Crippen LogP contribution < -0.4 is 18.9 Å². The summed E-state index contributed by atoms with van der Waals surface area (Å²) in [5.41, 5.74) is 0. The summed E-state index contributed by atoms with van der Waals surface area (Å²) in [6.45, 7) is 17.6. The summed E-state index contributed by atoms with van der Waals surface area (Å²) in [6.07, 6.45) is 1.02. The van der Waals surface area contributed by atoms with Gasteiger partial charge >= 0.3 is 18.9 Å². The normalized spacial score (nSPS) is 8.43. The van der Waals surface area contributed by atoms with E-state index in [-0.39, 0.29) is 24.8 Å². The summed E-state index contributed by atoms with van der Waals surface area (Å²) in [7, 11) is 0. The number of carbonyl (C=O) groups is 1. The van der Waals surface area contributed by atoms with Gasteiger partial charge in [-0.15, -0.1) is 6.54 Å². The van der Waals surface area contributed by atoms with Gasteiger partial charge in [0.05, 0.1) is 5.91 Å². The van der Waals surface area contributed by atoms with Gasteiger partial charge in [0.15, 0.2) is 0 Å². The molecule has 14 heavy (non-hydrogen) atoms. The van der Waals surface area contributed by atoms with E-state index in [1.165, 1.54) is 0 Å². The van der Waals surface area contributed by atoms with E-state index < -0.39 is 0 Å². The molecule has 0 atom stereocenters. The molecule has 2 nitrogen and oxygen atoms in total. The molecule has 1 amide bonds. The maximum Gasteiger partial charge on any atom is 1.00 e. The molecule has 0 N–H and O–H groups in total. The van der Waals surface area contributed by atoms with Crippen molar-refractivity contribution in [2.75, 3.05) is 13.1 Å². The molecule has 0 saturated heterocycles. The summed E-state index contributed by atoms with van der Waals surface area (Å²) >= 11 is 0. The summed E-state index contributed by atoms with van der Waals surface area (Å²) in [4.78, 5) is 12.4. The Balaban J connectivity index is -0.000000376. The van der Waals surface area contributed by atoms with Gasteiger partial charge in [0.25, 0.3) is 0 Å². The minimum Gasteiger partial charge on any atom is -0.398 e. The van der Waals surface area contributed by atoms with E-state index in [4.69, 9.17) is 0 Å². The fraction of sp³-hybridized carbons (Fsp3) is 0.636. The standard InChI is InChI=1S/C9H17NO.C2H5.Li/c1-5-10(9(4)11)7-6-8(2)3;1-2;/h8H,1,4-7H2,2-3H3;1H2,2H3;/q-2;-1;+1. The molecule has 0 aliphatic carbocycles. The van der Waals surface area contributed by atoms with Crippen LogP contribution >= 0.6 is 0 Å². The molecule has 3 heteroatoms. The van der Waals surface area contributed by atoms with E-state index in [1.54, 1.807) is 11.8 Å². The predicted octanol–water partition coefficient (Wildman–Crippen LogP) is -0.626. The number of hydrogen-bond acceptors (Lipinski definition) is 1. The molecule has 0 aliphatic heterocycles. The van der Waals surface area contributed by atoms with Crippen molar-refractivity contribution in [3.8, 4) is 0 Å². The molecule has 0 saturated carbocycles. The molecule has 0 fully saturated rings. The van der Waals surface area contributed by atoms with Crippen molar-refractivity contribution in [2.45, 2.75) is 27.2 Å². The quantitative estimate of drug-likeness (QED) is 0.428. The molecular formula is C11H22LiNO-2. The molecule has 0 aromatic heterocycles. The topological polar surface area (TPSA) is 20.3 Å². The molecule has 0 rings (SSSR count). The van der Waals surface area contributed by atoms with E-state index in [9.17, 15) is 4.79 Å². The van der Waals surface area contributed by atoms with Crippen LogP contribution in [0.5, 0.6) is 0 Å². The molecule has 0 aromatic carbocycles. The molecule has 0 bridgehead atoms. The van der Waals surface area contributed by atoms with Gasteiger partial charge in [-0.1, -0.05) is 13.8 Å². The number of rotatable bonds is 4. The Kier molecular flexibility index (Phi) is 18.0. The maximum absolute atomic E-state index is 10.8. The summed E-state index contributed by atoms with van der Waals surface area (Å²) < 4.78 is 0. The number of amides is 1. The minimum atomic E-state index is -0.124. The monoisotopic (exact) mass is 191 g/mol. The average Bonchev–Trinajstić information content (AvgIpc) is 2.08. The Morgan fingerprint density at radius 2 is 1.79 bits per heavy atom. The van der Waals surface area contributed by atoms with Crippen molar-refractivity contribution in [3.05, 3.63) is 20.8 Å². The Labute approximate surface area is 102 Å². The first-order valence-electron chi connectivity index (χ1n) is 4.68. The van der Waals surface area contributed by atoms with Crippen LogP contribution in [0.1, 0.15) is 27.2 Å². The maximum atomic E-state index is 10.8. The van der Waals surface area contributed by atoms with Crippen LogP contribution in [0.4, 0.5) is 0 Å². The second-order valence-electron chi connectivity index (χ2n) is 3.06. The Morgan fingerprint density at radius 1 is 1.36 bits per heavy atom. The van der Waals surface area contributed by atoms with E-state index in [1.807, 2.05) is 0 Å². The zero-order valence-corrected chi connectivity index (χ0v) is 10.2. The van der Waals surface area contributed by atoms with Gasteiger partial charge in [-0.05, 0) is 12.3 Å². The summed E-state index contributed by atoms with van der Waals surface area (Å²) in [6, 6.07) is 0. The van der Waals surface area contributed by atoms with E-state index in [0.29, 0.717) is 12.5 Å². The molecule has 0 aromatic rings. The third-order valence-electron chi connectivity index (χ3n) is 1.60. The van der Waals surface area contributed by atoms with Gasteiger partial charge < -0.3 is 30.5 Å². The van der Waals surface area contributed by atoms with Crippen molar-refractivity contribution < 1.29 is 23.7 Å². The van der Waals surface area contributed by atoms with Crippen LogP contribution in [-0.2, 0) is 4.79 Å². The second kappa shape index (κ2) is 12.9. The number of carbonyl (C=O) groups excluding carboxylic acids is 1. The average molecular weight is 191 g/mol. The summed E-state index contributed by atoms with van der Waals surface area (Å²) in [5.74, 6) is 0.504. The first-order chi connectivity index (χ1) is 6.07. The third kappa shape index (κ3) is 11.9. The molecule has 0 spiro atoms. The third-order valence-corrected chi connectivity index (χ3v) is 1.60. The fourth-order valence-corrected chi connectivity index (χ4v) is 0.775. The van der Waals surface area contributed by atoms with Gasteiger partial charge in [0.1, 0.15) is 0 Å². The zero-order valence-electron chi connectivity index (χ0n) is 10.2. The van der Waals surface area contributed by atoms with Gasteiger partial charge in [-0.2, -0.15) is 6.92 Å². The van der Waals surface area contributed by atoms with Crippen LogP contribution in [0.25, 0.3) is 0 Å². The van der Waals surface area contributed by atoms with Crippen molar-refractivity contribution in [1.29, 1.82) is 0 Å². The first-order valence-corrected chi connectivity index (χ1v) is 4.68. The molecule has 0 heterocycles. The van der Waals surface area contributed by atoms with Gasteiger partial charge in [-0.3, -0.25) is 0 Å². The first kappa shape index (κ1) is 19.5. The van der Waals surface area contributed by atoms with E-state index in [2.05, 4.69) is 34.6 Å². The van der Waals surface area contributed by atoms with Gasteiger partial charge in [0.2, 0.25) is 0 Å². The van der Waals surface area contributed by atoms with Crippen LogP contribution in [0.15, 0.2) is 0 Å². The van der Waals surface area contributed by atoms with E-state index in [0.717, 1.165) is 13.0 Å². The Hall–Kier alpha value is -0.0626. The molecule has 0 aliphatic rings. The zero-order chi connectivity index (χ0) is 10.9. The Morgan fingerprint density at radius 3 is 2.00 bits per heavy atom. The fourth-order valence-electron chi connectivity index (χ4n) is 0.775. The molecule has 0 unspecified atom stereocenters. The SMILES string of the molecule is [CH2-]C.[CH2-]CN(CCC(C)C)C([CH2-])=O.[Li+]. The van der Waals surface area contributed by atoms with Crippen LogP contribution in [-0.4, -0.2) is 23.9 Å². The minimum absolute atomic E-state index is 0. The molecule has 80 valence electrons. The van der Waals surface area contributed by atoms with Gasteiger partial charge in [0, 0.05) is 6.54 Å². The van der Waals surface area contributed by atoms with Gasteiger partial charge in [-0.25, -0.2) is 0 Å². The summed E-state index contributed by atoms with van der Waals surface area (Å²) in [5, 5.41) is 0. The van der Waals surface area contributed by atoms with Crippen molar-refractivity contribution >= 4 is 5.91 Å². The number of hydrogen-bond donors (Lipinski definition) is 0. The van der Waals surface area contributed by atoms with Crippen LogP contribution in [0.3, 0.4) is 0 Å². The van der Waals surface area contributed by atoms with Crippen LogP contribution in [0.2, 0.25) is 0 Å². The smallest absolute Gasteiger partial charge is 0.398 e. The van der Waals surface area contributed by atoms with Crippen molar-refractivity contribution in [2.24, 2.45) is 5.92 Å². The predicted molar refractivity (Wildman–Crippen MR) is 57.8 cm³/mol. The van der Waals surface area contributed by atoms with Crippen molar-refractivity contribution in [3.63, 3.8) is 0 Å². The molecular weight excluding hydrogens is 169 g/mol. The Bertz CT molecular complexity index is 126. The number of nitrogens with zero attached hydrogens (tertiary/aromatic N) is 1. The van der Waals surface area contributed by atoms with Crippen molar-refractivity contribution in [1.82, 2.24) is 4.90 Å². The van der Waals surface area contributed by atoms with E-state index >= 15 is 0 Å². The second-order valence-corrected chi connectivity index (χ2v) is 3.06. The molecule has 0 radical (unpaired) electrons. The largest absolute Gasteiger partial charge is 1.00 e. The van der Waals surface area contributed by atoms with Crippen LogP contribution in [0, 0.1) is 26.7 Å².